The Labute approximate surface area is 251 Å². The zero-order valence-corrected chi connectivity index (χ0v) is 25.7. The van der Waals surface area contributed by atoms with Crippen molar-refractivity contribution in [3.8, 4) is 17.2 Å². The highest BCUT2D eigenvalue weighted by Crippen LogP contribution is 2.52. The van der Waals surface area contributed by atoms with Gasteiger partial charge in [-0.05, 0) is 53.5 Å². The van der Waals surface area contributed by atoms with Crippen molar-refractivity contribution < 1.29 is 28.6 Å². The van der Waals surface area contributed by atoms with Crippen molar-refractivity contribution in [2.45, 2.75) is 59.3 Å². The maximum Gasteiger partial charge on any atom is 0.262 e. The first-order valence-electron chi connectivity index (χ1n) is 14.0. The maximum atomic E-state index is 13.6. The molecule has 1 heterocycles. The molecule has 1 aliphatic heterocycles. The van der Waals surface area contributed by atoms with Gasteiger partial charge < -0.3 is 24.8 Å². The van der Waals surface area contributed by atoms with Gasteiger partial charge in [-0.3, -0.25) is 14.4 Å². The summed E-state index contributed by atoms with van der Waals surface area (Å²) in [6.45, 7) is 8.01. The van der Waals surface area contributed by atoms with E-state index in [2.05, 4.69) is 38.3 Å². The average Bonchev–Trinajstić information content (AvgIpc) is 2.89. The number of halogens is 1. The van der Waals surface area contributed by atoms with Crippen LogP contribution >= 0.6 is 11.6 Å². The molecule has 2 N–H and O–H groups in total. The lowest BCUT2D eigenvalue weighted by Gasteiger charge is -2.44. The number of carbonyl (C=O) groups excluding carboxylic acids is 3. The van der Waals surface area contributed by atoms with E-state index in [4.69, 9.17) is 25.8 Å². The highest BCUT2D eigenvalue weighted by atomic mass is 35.5. The van der Waals surface area contributed by atoms with Crippen LogP contribution in [0.1, 0.15) is 64.9 Å². The molecule has 42 heavy (non-hydrogen) atoms. The molecule has 2 aromatic rings. The second-order valence-corrected chi connectivity index (χ2v) is 13.2. The van der Waals surface area contributed by atoms with Gasteiger partial charge in [-0.2, -0.15) is 0 Å². The summed E-state index contributed by atoms with van der Waals surface area (Å²) in [7, 11) is 3.01. The van der Waals surface area contributed by atoms with E-state index in [-0.39, 0.29) is 39.8 Å². The van der Waals surface area contributed by atoms with Crippen molar-refractivity contribution in [3.05, 3.63) is 69.5 Å². The predicted molar refractivity (Wildman–Crippen MR) is 161 cm³/mol. The lowest BCUT2D eigenvalue weighted by Crippen LogP contribution is -2.42. The molecule has 8 nitrogen and oxygen atoms in total. The number of Topliss-reactive ketones (excluding diaryl/α,β-unsaturated/α-hetero) is 2. The highest BCUT2D eigenvalue weighted by molar-refractivity contribution is 6.32. The van der Waals surface area contributed by atoms with E-state index in [0.717, 1.165) is 11.4 Å². The van der Waals surface area contributed by atoms with Crippen LogP contribution in [0.25, 0.3) is 0 Å². The fourth-order valence-electron chi connectivity index (χ4n) is 6.34. The fraction of sp³-hybridized carbons (Fsp3) is 0.424. The molecule has 222 valence electrons. The van der Waals surface area contributed by atoms with Crippen LogP contribution in [-0.4, -0.2) is 38.3 Å². The van der Waals surface area contributed by atoms with Gasteiger partial charge in [-0.25, -0.2) is 0 Å². The second-order valence-electron chi connectivity index (χ2n) is 12.8. The Bertz CT molecular complexity index is 1480. The number of allylic oxidation sites excluding steroid dienone is 4. The normalized spacial score (nSPS) is 19.5. The second kappa shape index (κ2) is 11.1. The smallest absolute Gasteiger partial charge is 0.262 e. The Morgan fingerprint density at radius 1 is 0.905 bits per heavy atom. The third kappa shape index (κ3) is 5.77. The summed E-state index contributed by atoms with van der Waals surface area (Å²) >= 11 is 6.76. The van der Waals surface area contributed by atoms with Gasteiger partial charge in [0.2, 0.25) is 0 Å². The van der Waals surface area contributed by atoms with E-state index in [1.807, 2.05) is 0 Å². The number of methoxy groups -OCH3 is 2. The number of rotatable bonds is 7. The van der Waals surface area contributed by atoms with Crippen molar-refractivity contribution in [2.75, 3.05) is 26.1 Å². The minimum Gasteiger partial charge on any atom is -0.495 e. The number of carbonyl (C=O) groups is 3. The molecule has 1 amide bonds. The molecule has 0 aromatic heterocycles. The van der Waals surface area contributed by atoms with E-state index in [0.29, 0.717) is 59.6 Å². The van der Waals surface area contributed by atoms with Gasteiger partial charge in [0.15, 0.2) is 29.7 Å². The van der Waals surface area contributed by atoms with Crippen molar-refractivity contribution in [2.24, 2.45) is 10.8 Å². The van der Waals surface area contributed by atoms with E-state index >= 15 is 0 Å². The number of anilines is 1. The van der Waals surface area contributed by atoms with Crippen LogP contribution in [0.15, 0.2) is 58.9 Å². The van der Waals surface area contributed by atoms with Gasteiger partial charge in [-0.1, -0.05) is 51.4 Å². The zero-order chi connectivity index (χ0) is 30.4. The first-order valence-corrected chi connectivity index (χ1v) is 14.4. The summed E-state index contributed by atoms with van der Waals surface area (Å²) in [6, 6.07) is 10.5. The Morgan fingerprint density at radius 2 is 1.48 bits per heavy atom. The molecule has 0 bridgehead atoms. The number of benzene rings is 2. The van der Waals surface area contributed by atoms with Crippen LogP contribution in [0.3, 0.4) is 0 Å². The van der Waals surface area contributed by atoms with Gasteiger partial charge in [0.25, 0.3) is 5.91 Å². The van der Waals surface area contributed by atoms with Crippen molar-refractivity contribution in [1.29, 1.82) is 0 Å². The highest BCUT2D eigenvalue weighted by Gasteiger charge is 2.46. The summed E-state index contributed by atoms with van der Waals surface area (Å²) in [5, 5.41) is 6.50. The molecule has 0 radical (unpaired) electrons. The molecular weight excluding hydrogens is 556 g/mol. The van der Waals surface area contributed by atoms with Gasteiger partial charge in [-0.15, -0.1) is 0 Å². The lowest BCUT2D eigenvalue weighted by molar-refractivity contribution is -0.119. The molecule has 9 heteroatoms. The van der Waals surface area contributed by atoms with Gasteiger partial charge in [0, 0.05) is 41.3 Å². The Morgan fingerprint density at radius 3 is 2.05 bits per heavy atom. The number of ketones is 2. The summed E-state index contributed by atoms with van der Waals surface area (Å²) in [5.74, 6) is 0.0858. The summed E-state index contributed by atoms with van der Waals surface area (Å²) < 4.78 is 16.8. The van der Waals surface area contributed by atoms with Gasteiger partial charge in [0.1, 0.15) is 5.75 Å². The average molecular weight is 593 g/mol. The maximum absolute atomic E-state index is 13.6. The number of dihydropyridines is 1. The molecule has 3 aliphatic rings. The minimum atomic E-state index is -0.572. The van der Waals surface area contributed by atoms with Crippen molar-refractivity contribution >= 4 is 34.8 Å². The molecule has 0 saturated heterocycles. The van der Waals surface area contributed by atoms with Crippen LogP contribution < -0.4 is 24.8 Å². The molecule has 0 fully saturated rings. The quantitative estimate of drug-likeness (QED) is 0.386. The number of nitrogens with one attached hydrogen (secondary N) is 2. The van der Waals surface area contributed by atoms with E-state index < -0.39 is 11.8 Å². The van der Waals surface area contributed by atoms with Gasteiger partial charge >= 0.3 is 0 Å². The molecular formula is C33H37ClN2O6. The van der Waals surface area contributed by atoms with Crippen LogP contribution in [-0.2, 0) is 14.4 Å². The molecule has 2 aromatic carbocycles. The number of ether oxygens (including phenoxy) is 3. The number of para-hydroxylation sites is 2. The summed E-state index contributed by atoms with van der Waals surface area (Å²) in [4.78, 5) is 40.0. The standard InChI is InChI=1S/C33H37ClN2O6/c1-32(2)13-21-29(23(37)15-32)28(30-22(35-21)14-33(3,4)16-24(30)38)18-11-19(34)31(26(12-18)41-6)42-17-27(39)36-20-9-7-8-10-25(20)40-5/h7-12,28,35H,13-17H2,1-6H3,(H,36,39). The third-order valence-electron chi connectivity index (χ3n) is 8.03. The SMILES string of the molecule is COc1ccccc1NC(=O)COc1c(Cl)cc(C2C3=C(CC(C)(C)CC3=O)NC3=C2C(=O)CC(C)(C)C3)cc1OC. The van der Waals surface area contributed by atoms with Crippen LogP contribution in [0.5, 0.6) is 17.2 Å². The molecule has 0 unspecified atom stereocenters. The van der Waals surface area contributed by atoms with Crippen LogP contribution in [0.4, 0.5) is 5.69 Å². The number of amides is 1. The van der Waals surface area contributed by atoms with E-state index in [9.17, 15) is 14.4 Å². The van der Waals surface area contributed by atoms with E-state index in [1.165, 1.54) is 14.2 Å². The predicted octanol–water partition coefficient (Wildman–Crippen LogP) is 6.35. The van der Waals surface area contributed by atoms with Crippen LogP contribution in [0, 0.1) is 10.8 Å². The first-order chi connectivity index (χ1) is 19.8. The summed E-state index contributed by atoms with van der Waals surface area (Å²) in [6.07, 6.45) is 2.17. The van der Waals surface area contributed by atoms with Gasteiger partial charge in [0.05, 0.1) is 24.9 Å². The molecule has 2 aliphatic carbocycles. The fourth-order valence-corrected chi connectivity index (χ4v) is 6.61. The van der Waals surface area contributed by atoms with Crippen molar-refractivity contribution in [1.82, 2.24) is 5.32 Å². The van der Waals surface area contributed by atoms with Crippen LogP contribution in [0.2, 0.25) is 5.02 Å². The minimum absolute atomic E-state index is 0.0198. The first kappa shape index (κ1) is 29.7. The zero-order valence-electron chi connectivity index (χ0n) is 24.9. The lowest BCUT2D eigenvalue weighted by atomic mass is 9.64. The monoisotopic (exact) mass is 592 g/mol. The molecule has 0 atom stereocenters. The largest absolute Gasteiger partial charge is 0.495 e. The topological polar surface area (TPSA) is 103 Å². The molecule has 5 rings (SSSR count). The van der Waals surface area contributed by atoms with E-state index in [1.54, 1.807) is 36.4 Å². The molecule has 0 spiro atoms. The molecule has 0 saturated carbocycles. The third-order valence-corrected chi connectivity index (χ3v) is 8.31. The van der Waals surface area contributed by atoms with Crippen molar-refractivity contribution in [3.63, 3.8) is 0 Å². The Kier molecular flexibility index (Phi) is 7.88. The number of hydrogen-bond acceptors (Lipinski definition) is 7. The Hall–Kier alpha value is -3.78. The number of hydrogen-bond donors (Lipinski definition) is 2. The summed E-state index contributed by atoms with van der Waals surface area (Å²) in [5.41, 5.74) is 3.76. The Balaban J connectivity index is 1.50.